The number of hydrogen-bond donors (Lipinski definition) is 1. The van der Waals surface area contributed by atoms with Crippen molar-refractivity contribution in [3.05, 3.63) is 64.4 Å². The van der Waals surface area contributed by atoms with Crippen molar-refractivity contribution in [2.75, 3.05) is 5.32 Å². The van der Waals surface area contributed by atoms with Crippen LogP contribution in [0.2, 0.25) is 0 Å². The standard InChI is InChI=1S/C15H13BrFNO/c1-10(11-5-3-2-4-6-11)15(19)18-12-7-8-13(16)14(17)9-12/h2-10H,1H3,(H,18,19). The molecule has 2 nitrogen and oxygen atoms in total. The molecule has 0 bridgehead atoms. The van der Waals surface area contributed by atoms with Crippen molar-refractivity contribution in [3.63, 3.8) is 0 Å². The van der Waals surface area contributed by atoms with Crippen LogP contribution in [-0.4, -0.2) is 5.91 Å². The molecule has 0 saturated heterocycles. The van der Waals surface area contributed by atoms with Crippen LogP contribution in [-0.2, 0) is 4.79 Å². The summed E-state index contributed by atoms with van der Waals surface area (Å²) < 4.78 is 13.7. The van der Waals surface area contributed by atoms with Gasteiger partial charge < -0.3 is 5.32 Å². The SMILES string of the molecule is CC(C(=O)Nc1ccc(Br)c(F)c1)c1ccccc1. The van der Waals surface area contributed by atoms with Crippen LogP contribution in [0.4, 0.5) is 10.1 Å². The lowest BCUT2D eigenvalue weighted by atomic mass is 10.0. The molecular formula is C15H13BrFNO. The first-order valence-corrected chi connectivity index (χ1v) is 6.68. The van der Waals surface area contributed by atoms with Crippen molar-refractivity contribution in [1.82, 2.24) is 0 Å². The maximum absolute atomic E-state index is 13.4. The average Bonchev–Trinajstić information content (AvgIpc) is 2.43. The largest absolute Gasteiger partial charge is 0.325 e. The Labute approximate surface area is 119 Å². The molecule has 19 heavy (non-hydrogen) atoms. The molecule has 0 aromatic heterocycles. The minimum Gasteiger partial charge on any atom is -0.325 e. The fraction of sp³-hybridized carbons (Fsp3) is 0.133. The number of anilines is 1. The Kier molecular flexibility index (Phi) is 4.32. The van der Waals surface area contributed by atoms with Gasteiger partial charge in [-0.05, 0) is 46.6 Å². The van der Waals surface area contributed by atoms with Gasteiger partial charge in [0, 0.05) is 5.69 Å². The molecule has 0 aliphatic rings. The predicted molar refractivity (Wildman–Crippen MR) is 77.6 cm³/mol. The van der Waals surface area contributed by atoms with E-state index in [0.717, 1.165) is 5.56 Å². The van der Waals surface area contributed by atoms with Crippen molar-refractivity contribution < 1.29 is 9.18 Å². The highest BCUT2D eigenvalue weighted by molar-refractivity contribution is 9.10. The van der Waals surface area contributed by atoms with Crippen molar-refractivity contribution in [1.29, 1.82) is 0 Å². The van der Waals surface area contributed by atoms with Crippen LogP contribution < -0.4 is 5.32 Å². The normalized spacial score (nSPS) is 11.9. The summed E-state index contributed by atoms with van der Waals surface area (Å²) in [6.07, 6.45) is 0. The highest BCUT2D eigenvalue weighted by atomic mass is 79.9. The first-order valence-electron chi connectivity index (χ1n) is 5.89. The number of nitrogens with one attached hydrogen (secondary N) is 1. The van der Waals surface area contributed by atoms with Crippen LogP contribution in [0.3, 0.4) is 0 Å². The van der Waals surface area contributed by atoms with Gasteiger partial charge in [0.15, 0.2) is 0 Å². The van der Waals surface area contributed by atoms with E-state index in [0.29, 0.717) is 10.2 Å². The molecule has 2 aromatic carbocycles. The lowest BCUT2D eigenvalue weighted by Crippen LogP contribution is -2.18. The first-order chi connectivity index (χ1) is 9.08. The summed E-state index contributed by atoms with van der Waals surface area (Å²) in [6, 6.07) is 14.0. The zero-order chi connectivity index (χ0) is 13.8. The number of amides is 1. The Balaban J connectivity index is 2.10. The molecule has 1 unspecified atom stereocenters. The van der Waals surface area contributed by atoms with Crippen LogP contribution in [0.5, 0.6) is 0 Å². The van der Waals surface area contributed by atoms with Gasteiger partial charge in [-0.3, -0.25) is 4.79 Å². The highest BCUT2D eigenvalue weighted by Crippen LogP contribution is 2.21. The van der Waals surface area contributed by atoms with Crippen molar-refractivity contribution in [2.45, 2.75) is 12.8 Å². The van der Waals surface area contributed by atoms with E-state index < -0.39 is 5.82 Å². The monoisotopic (exact) mass is 321 g/mol. The van der Waals surface area contributed by atoms with Crippen molar-refractivity contribution in [3.8, 4) is 0 Å². The molecule has 0 aliphatic carbocycles. The third-order valence-corrected chi connectivity index (χ3v) is 3.52. The molecular weight excluding hydrogens is 309 g/mol. The minimum absolute atomic E-state index is 0.159. The molecule has 4 heteroatoms. The molecule has 0 fully saturated rings. The molecule has 2 aromatic rings. The quantitative estimate of drug-likeness (QED) is 0.895. The minimum atomic E-state index is -0.398. The zero-order valence-corrected chi connectivity index (χ0v) is 11.9. The van der Waals surface area contributed by atoms with Gasteiger partial charge in [-0.1, -0.05) is 30.3 Å². The molecule has 98 valence electrons. The maximum atomic E-state index is 13.4. The van der Waals surface area contributed by atoms with Gasteiger partial charge in [0.2, 0.25) is 5.91 Å². The van der Waals surface area contributed by atoms with Crippen LogP contribution in [0.15, 0.2) is 53.0 Å². The number of halogens is 2. The zero-order valence-electron chi connectivity index (χ0n) is 10.4. The Morgan fingerprint density at radius 1 is 1.21 bits per heavy atom. The van der Waals surface area contributed by atoms with Gasteiger partial charge in [0.05, 0.1) is 10.4 Å². The van der Waals surface area contributed by atoms with Crippen LogP contribution in [0.25, 0.3) is 0 Å². The fourth-order valence-corrected chi connectivity index (χ4v) is 1.96. The lowest BCUT2D eigenvalue weighted by Gasteiger charge is -2.12. The van der Waals surface area contributed by atoms with E-state index in [1.54, 1.807) is 12.1 Å². The number of rotatable bonds is 3. The summed E-state index contributed by atoms with van der Waals surface area (Å²) in [4.78, 5) is 12.1. The van der Waals surface area contributed by atoms with Crippen LogP contribution >= 0.6 is 15.9 Å². The Morgan fingerprint density at radius 3 is 2.53 bits per heavy atom. The molecule has 2 rings (SSSR count). The second-order valence-electron chi connectivity index (χ2n) is 4.25. The van der Waals surface area contributed by atoms with Gasteiger partial charge >= 0.3 is 0 Å². The molecule has 0 spiro atoms. The summed E-state index contributed by atoms with van der Waals surface area (Å²) >= 11 is 3.07. The summed E-state index contributed by atoms with van der Waals surface area (Å²) in [5.41, 5.74) is 1.38. The van der Waals surface area contributed by atoms with E-state index in [1.165, 1.54) is 6.07 Å². The van der Waals surface area contributed by atoms with Crippen LogP contribution in [0.1, 0.15) is 18.4 Å². The number of hydrogen-bond acceptors (Lipinski definition) is 1. The summed E-state index contributed by atoms with van der Waals surface area (Å²) in [5, 5.41) is 2.71. The fourth-order valence-electron chi connectivity index (χ4n) is 1.72. The molecule has 1 atom stereocenters. The van der Waals surface area contributed by atoms with Crippen molar-refractivity contribution in [2.24, 2.45) is 0 Å². The molecule has 0 saturated carbocycles. The Bertz CT molecular complexity index is 586. The molecule has 0 heterocycles. The second kappa shape index (κ2) is 5.97. The summed E-state index contributed by atoms with van der Waals surface area (Å²) in [5.74, 6) is -0.842. The Morgan fingerprint density at radius 2 is 1.89 bits per heavy atom. The molecule has 1 N–H and O–H groups in total. The highest BCUT2D eigenvalue weighted by Gasteiger charge is 2.15. The van der Waals surface area contributed by atoms with Gasteiger partial charge in [-0.2, -0.15) is 0 Å². The number of carbonyl (C=O) groups is 1. The number of carbonyl (C=O) groups excluding carboxylic acids is 1. The molecule has 0 radical (unpaired) electrons. The van der Waals surface area contributed by atoms with Crippen molar-refractivity contribution >= 4 is 27.5 Å². The lowest BCUT2D eigenvalue weighted by molar-refractivity contribution is -0.117. The van der Waals surface area contributed by atoms with E-state index >= 15 is 0 Å². The predicted octanol–water partition coefficient (Wildman–Crippen LogP) is 4.33. The third kappa shape index (κ3) is 3.41. The second-order valence-corrected chi connectivity index (χ2v) is 5.10. The van der Waals surface area contributed by atoms with Crippen LogP contribution in [0, 0.1) is 5.82 Å². The summed E-state index contributed by atoms with van der Waals surface area (Å²) in [6.45, 7) is 1.82. The van der Waals surface area contributed by atoms with E-state index in [2.05, 4.69) is 21.2 Å². The molecule has 1 amide bonds. The van der Waals surface area contributed by atoms with E-state index in [9.17, 15) is 9.18 Å². The molecule has 0 aliphatic heterocycles. The van der Waals surface area contributed by atoms with Gasteiger partial charge in [-0.25, -0.2) is 4.39 Å². The topological polar surface area (TPSA) is 29.1 Å². The van der Waals surface area contributed by atoms with Gasteiger partial charge in [0.25, 0.3) is 0 Å². The smallest absolute Gasteiger partial charge is 0.231 e. The average molecular weight is 322 g/mol. The van der Waals surface area contributed by atoms with E-state index in [4.69, 9.17) is 0 Å². The Hall–Kier alpha value is -1.68. The van der Waals surface area contributed by atoms with Gasteiger partial charge in [0.1, 0.15) is 5.82 Å². The third-order valence-electron chi connectivity index (χ3n) is 2.88. The van der Waals surface area contributed by atoms with E-state index in [-0.39, 0.29) is 11.8 Å². The maximum Gasteiger partial charge on any atom is 0.231 e. The first kappa shape index (κ1) is 13.7. The summed E-state index contributed by atoms with van der Waals surface area (Å²) in [7, 11) is 0. The van der Waals surface area contributed by atoms with E-state index in [1.807, 2.05) is 37.3 Å². The van der Waals surface area contributed by atoms with Gasteiger partial charge in [-0.15, -0.1) is 0 Å². The number of benzene rings is 2.